The number of carbonyl (C=O) groups is 2. The Bertz CT molecular complexity index is 793. The van der Waals surface area contributed by atoms with Crippen LogP contribution in [0.1, 0.15) is 37.8 Å². The lowest BCUT2D eigenvalue weighted by Crippen LogP contribution is -2.49. The van der Waals surface area contributed by atoms with Crippen LogP contribution >= 0.6 is 23.2 Å². The highest BCUT2D eigenvalue weighted by molar-refractivity contribution is 6.30. The molecule has 0 unspecified atom stereocenters. The van der Waals surface area contributed by atoms with Crippen LogP contribution in [-0.4, -0.2) is 29.3 Å². The van der Waals surface area contributed by atoms with Gasteiger partial charge in [-0.1, -0.05) is 61.3 Å². The molecule has 2 aromatic carbocycles. The monoisotopic (exact) mass is 420 g/mol. The highest BCUT2D eigenvalue weighted by atomic mass is 35.5. The van der Waals surface area contributed by atoms with Gasteiger partial charge in [0.25, 0.3) is 0 Å². The second-order valence-electron chi connectivity index (χ2n) is 6.67. The molecule has 28 heavy (non-hydrogen) atoms. The standard InChI is InChI=1S/C22H26Cl2N2O2/c1-3-12-25-22(28)20(4-2)26(15-16-8-10-18(23)11-9-16)21(27)14-17-6-5-7-19(24)13-17/h5-11,13,20H,3-4,12,14-15H2,1-2H3,(H,25,28)/t20-/m0/s1. The maximum atomic E-state index is 13.2. The molecular weight excluding hydrogens is 395 g/mol. The zero-order valence-electron chi connectivity index (χ0n) is 16.3. The number of amides is 2. The zero-order valence-corrected chi connectivity index (χ0v) is 17.8. The number of benzene rings is 2. The Kier molecular flexibility index (Phi) is 8.81. The topological polar surface area (TPSA) is 49.4 Å². The number of nitrogens with one attached hydrogen (secondary N) is 1. The predicted molar refractivity (Wildman–Crippen MR) is 115 cm³/mol. The molecule has 6 heteroatoms. The summed E-state index contributed by atoms with van der Waals surface area (Å²) in [6.07, 6.45) is 1.56. The lowest BCUT2D eigenvalue weighted by molar-refractivity contribution is -0.140. The van der Waals surface area contributed by atoms with Gasteiger partial charge in [0.15, 0.2) is 0 Å². The van der Waals surface area contributed by atoms with Gasteiger partial charge in [0, 0.05) is 23.1 Å². The smallest absolute Gasteiger partial charge is 0.242 e. The first-order valence-electron chi connectivity index (χ1n) is 9.50. The third-order valence-electron chi connectivity index (χ3n) is 4.45. The van der Waals surface area contributed by atoms with E-state index in [1.807, 2.05) is 38.1 Å². The maximum Gasteiger partial charge on any atom is 0.242 e. The summed E-state index contributed by atoms with van der Waals surface area (Å²) < 4.78 is 0. The summed E-state index contributed by atoms with van der Waals surface area (Å²) in [5.74, 6) is -0.242. The fourth-order valence-electron chi connectivity index (χ4n) is 3.00. The number of hydrogen-bond acceptors (Lipinski definition) is 2. The first-order chi connectivity index (χ1) is 13.4. The minimum Gasteiger partial charge on any atom is -0.354 e. The van der Waals surface area contributed by atoms with E-state index in [1.54, 1.807) is 29.2 Å². The van der Waals surface area contributed by atoms with E-state index >= 15 is 0 Å². The van der Waals surface area contributed by atoms with Crippen molar-refractivity contribution in [2.45, 2.75) is 45.7 Å². The number of rotatable bonds is 9. The molecule has 0 spiro atoms. The van der Waals surface area contributed by atoms with Crippen molar-refractivity contribution in [1.29, 1.82) is 0 Å². The highest BCUT2D eigenvalue weighted by Gasteiger charge is 2.28. The van der Waals surface area contributed by atoms with Crippen LogP contribution in [0.25, 0.3) is 0 Å². The molecule has 2 aromatic rings. The number of hydrogen-bond donors (Lipinski definition) is 1. The average Bonchev–Trinajstić information content (AvgIpc) is 2.67. The highest BCUT2D eigenvalue weighted by Crippen LogP contribution is 2.18. The molecule has 0 aliphatic heterocycles. The first-order valence-corrected chi connectivity index (χ1v) is 10.3. The largest absolute Gasteiger partial charge is 0.354 e. The summed E-state index contributed by atoms with van der Waals surface area (Å²) in [7, 11) is 0. The normalized spacial score (nSPS) is 11.7. The van der Waals surface area contributed by atoms with Crippen LogP contribution in [0, 0.1) is 0 Å². The van der Waals surface area contributed by atoms with E-state index in [9.17, 15) is 9.59 Å². The van der Waals surface area contributed by atoms with Crippen LogP contribution in [0.4, 0.5) is 0 Å². The van der Waals surface area contributed by atoms with Gasteiger partial charge in [0.1, 0.15) is 6.04 Å². The van der Waals surface area contributed by atoms with Crippen LogP contribution in [0.2, 0.25) is 10.0 Å². The van der Waals surface area contributed by atoms with Gasteiger partial charge in [0.2, 0.25) is 11.8 Å². The van der Waals surface area contributed by atoms with E-state index in [1.165, 1.54) is 0 Å². The van der Waals surface area contributed by atoms with Crippen LogP contribution < -0.4 is 5.32 Å². The van der Waals surface area contributed by atoms with Crippen LogP contribution in [0.3, 0.4) is 0 Å². The zero-order chi connectivity index (χ0) is 20.5. The Morgan fingerprint density at radius 3 is 2.32 bits per heavy atom. The molecule has 0 radical (unpaired) electrons. The maximum absolute atomic E-state index is 13.2. The van der Waals surface area contributed by atoms with Gasteiger partial charge in [-0.15, -0.1) is 0 Å². The molecule has 0 bridgehead atoms. The molecule has 150 valence electrons. The van der Waals surface area contributed by atoms with Crippen molar-refractivity contribution in [3.63, 3.8) is 0 Å². The van der Waals surface area contributed by atoms with E-state index in [2.05, 4.69) is 5.32 Å². The summed E-state index contributed by atoms with van der Waals surface area (Å²) in [6.45, 7) is 4.84. The van der Waals surface area contributed by atoms with E-state index in [0.717, 1.165) is 17.5 Å². The van der Waals surface area contributed by atoms with Crippen molar-refractivity contribution >= 4 is 35.0 Å². The first kappa shape index (κ1) is 22.3. The molecule has 1 atom stereocenters. The molecule has 0 saturated carbocycles. The van der Waals surface area contributed by atoms with Crippen molar-refractivity contribution in [1.82, 2.24) is 10.2 Å². The van der Waals surface area contributed by atoms with Gasteiger partial charge >= 0.3 is 0 Å². The summed E-state index contributed by atoms with van der Waals surface area (Å²) in [5, 5.41) is 4.13. The molecule has 0 saturated heterocycles. The Hall–Kier alpha value is -2.04. The molecule has 0 aliphatic rings. The van der Waals surface area contributed by atoms with Crippen LogP contribution in [0.15, 0.2) is 48.5 Å². The minimum atomic E-state index is -0.533. The van der Waals surface area contributed by atoms with Crippen molar-refractivity contribution in [3.8, 4) is 0 Å². The van der Waals surface area contributed by atoms with Crippen LogP contribution in [0.5, 0.6) is 0 Å². The molecule has 0 heterocycles. The van der Waals surface area contributed by atoms with Gasteiger partial charge in [-0.25, -0.2) is 0 Å². The SMILES string of the molecule is CCCNC(=O)[C@H](CC)N(Cc1ccc(Cl)cc1)C(=O)Cc1cccc(Cl)c1. The second kappa shape index (κ2) is 11.1. The fraction of sp³-hybridized carbons (Fsp3) is 0.364. The van der Waals surface area contributed by atoms with Crippen molar-refractivity contribution in [2.24, 2.45) is 0 Å². The van der Waals surface area contributed by atoms with E-state index < -0.39 is 6.04 Å². The minimum absolute atomic E-state index is 0.115. The molecular formula is C22H26Cl2N2O2. The van der Waals surface area contributed by atoms with E-state index in [-0.39, 0.29) is 18.2 Å². The Morgan fingerprint density at radius 2 is 1.71 bits per heavy atom. The second-order valence-corrected chi connectivity index (χ2v) is 7.54. The van der Waals surface area contributed by atoms with Gasteiger partial charge in [-0.3, -0.25) is 9.59 Å². The van der Waals surface area contributed by atoms with Crippen molar-refractivity contribution in [2.75, 3.05) is 6.54 Å². The fourth-order valence-corrected chi connectivity index (χ4v) is 3.33. The van der Waals surface area contributed by atoms with Crippen molar-refractivity contribution < 1.29 is 9.59 Å². The molecule has 2 amide bonds. The van der Waals surface area contributed by atoms with E-state index in [0.29, 0.717) is 29.6 Å². The number of nitrogens with zero attached hydrogens (tertiary/aromatic N) is 1. The Morgan fingerprint density at radius 1 is 1.00 bits per heavy atom. The molecule has 0 aromatic heterocycles. The van der Waals surface area contributed by atoms with Crippen molar-refractivity contribution in [3.05, 3.63) is 69.7 Å². The van der Waals surface area contributed by atoms with Gasteiger partial charge in [-0.2, -0.15) is 0 Å². The Labute approximate surface area is 176 Å². The van der Waals surface area contributed by atoms with Gasteiger partial charge in [0.05, 0.1) is 6.42 Å². The third kappa shape index (κ3) is 6.54. The lowest BCUT2D eigenvalue weighted by atomic mass is 10.1. The molecule has 1 N–H and O–H groups in total. The molecule has 4 nitrogen and oxygen atoms in total. The summed E-state index contributed by atoms with van der Waals surface area (Å²) >= 11 is 12.0. The number of carbonyl (C=O) groups excluding carboxylic acids is 2. The summed E-state index contributed by atoms with van der Waals surface area (Å²) in [4.78, 5) is 27.5. The van der Waals surface area contributed by atoms with Gasteiger partial charge < -0.3 is 10.2 Å². The Balaban J connectivity index is 2.26. The molecule has 0 fully saturated rings. The average molecular weight is 421 g/mol. The van der Waals surface area contributed by atoms with E-state index in [4.69, 9.17) is 23.2 Å². The lowest BCUT2D eigenvalue weighted by Gasteiger charge is -2.31. The number of halogens is 2. The predicted octanol–water partition coefficient (Wildman–Crippen LogP) is 4.87. The van der Waals surface area contributed by atoms with Gasteiger partial charge in [-0.05, 0) is 48.2 Å². The molecule has 2 rings (SSSR count). The third-order valence-corrected chi connectivity index (χ3v) is 4.93. The summed E-state index contributed by atoms with van der Waals surface area (Å²) in [5.41, 5.74) is 1.74. The molecule has 0 aliphatic carbocycles. The quantitative estimate of drug-likeness (QED) is 0.628. The van der Waals surface area contributed by atoms with Crippen LogP contribution in [-0.2, 0) is 22.6 Å². The summed E-state index contributed by atoms with van der Waals surface area (Å²) in [6, 6.07) is 14.0.